The minimum absolute atomic E-state index is 0.326. The Bertz CT molecular complexity index is 405. The molecule has 0 spiro atoms. The molecule has 1 unspecified atom stereocenters. The van der Waals surface area contributed by atoms with E-state index in [1.807, 2.05) is 39.0 Å². The van der Waals surface area contributed by atoms with Crippen LogP contribution in [0.5, 0.6) is 0 Å². The number of aryl methyl sites for hydroxylation is 1. The van der Waals surface area contributed by atoms with Crippen molar-refractivity contribution in [3.05, 3.63) is 35.9 Å². The van der Waals surface area contributed by atoms with Gasteiger partial charge in [0.15, 0.2) is 0 Å². The van der Waals surface area contributed by atoms with Gasteiger partial charge in [0.25, 0.3) is 0 Å². The zero-order valence-electron chi connectivity index (χ0n) is 12.4. The second-order valence-corrected chi connectivity index (χ2v) is 6.26. The Hall–Kier alpha value is -1.35. The standard InChI is InChI=1S/C16H25NO2/c1-15(2,3)19-14(18)16(4,17)12-8-11-13-9-6-5-7-10-13/h5-7,9-10H,8,11-12,17H2,1-4H3. The second kappa shape index (κ2) is 6.20. The highest BCUT2D eigenvalue weighted by atomic mass is 16.6. The van der Waals surface area contributed by atoms with Crippen LogP contribution >= 0.6 is 0 Å². The summed E-state index contributed by atoms with van der Waals surface area (Å²) in [5, 5.41) is 0. The van der Waals surface area contributed by atoms with Gasteiger partial charge in [-0.3, -0.25) is 4.79 Å². The molecular formula is C16H25NO2. The molecule has 0 radical (unpaired) electrons. The molecule has 19 heavy (non-hydrogen) atoms. The number of ether oxygens (including phenoxy) is 1. The smallest absolute Gasteiger partial charge is 0.326 e. The number of hydrogen-bond acceptors (Lipinski definition) is 3. The van der Waals surface area contributed by atoms with Crippen LogP contribution in [0, 0.1) is 0 Å². The lowest BCUT2D eigenvalue weighted by atomic mass is 9.94. The van der Waals surface area contributed by atoms with E-state index in [0.29, 0.717) is 6.42 Å². The molecule has 1 aromatic carbocycles. The number of hydrogen-bond donors (Lipinski definition) is 1. The summed E-state index contributed by atoms with van der Waals surface area (Å²) in [4.78, 5) is 12.0. The molecule has 0 heterocycles. The fourth-order valence-corrected chi connectivity index (χ4v) is 1.80. The number of rotatable bonds is 5. The monoisotopic (exact) mass is 263 g/mol. The topological polar surface area (TPSA) is 52.3 Å². The Kier molecular flexibility index (Phi) is 5.12. The van der Waals surface area contributed by atoms with Gasteiger partial charge in [-0.05, 0) is 52.5 Å². The van der Waals surface area contributed by atoms with Gasteiger partial charge in [0.1, 0.15) is 11.1 Å². The Balaban J connectivity index is 2.44. The fraction of sp³-hybridized carbons (Fsp3) is 0.562. The highest BCUT2D eigenvalue weighted by Gasteiger charge is 2.32. The van der Waals surface area contributed by atoms with Crippen LogP contribution in [-0.4, -0.2) is 17.1 Å². The molecule has 0 aliphatic heterocycles. The largest absolute Gasteiger partial charge is 0.459 e. The van der Waals surface area contributed by atoms with Crippen molar-refractivity contribution in [1.82, 2.24) is 0 Å². The SMILES string of the molecule is CC(C)(C)OC(=O)C(C)(N)CCCc1ccccc1. The zero-order valence-corrected chi connectivity index (χ0v) is 12.4. The van der Waals surface area contributed by atoms with E-state index in [4.69, 9.17) is 10.5 Å². The van der Waals surface area contributed by atoms with Crippen LogP contribution in [-0.2, 0) is 16.0 Å². The van der Waals surface area contributed by atoms with E-state index >= 15 is 0 Å². The Labute approximate surface area is 116 Å². The van der Waals surface area contributed by atoms with Gasteiger partial charge in [-0.2, -0.15) is 0 Å². The van der Waals surface area contributed by atoms with Crippen LogP contribution in [0.25, 0.3) is 0 Å². The van der Waals surface area contributed by atoms with Crippen molar-refractivity contribution in [2.24, 2.45) is 5.73 Å². The van der Waals surface area contributed by atoms with E-state index in [1.54, 1.807) is 6.92 Å². The quantitative estimate of drug-likeness (QED) is 0.831. The van der Waals surface area contributed by atoms with Crippen molar-refractivity contribution in [2.45, 2.75) is 58.1 Å². The zero-order chi connectivity index (χ0) is 14.5. The molecule has 3 heteroatoms. The summed E-state index contributed by atoms with van der Waals surface area (Å²) in [5.74, 6) is -0.326. The third-order valence-corrected chi connectivity index (χ3v) is 2.87. The lowest BCUT2D eigenvalue weighted by molar-refractivity contribution is -0.161. The van der Waals surface area contributed by atoms with Gasteiger partial charge in [0.2, 0.25) is 0 Å². The fourth-order valence-electron chi connectivity index (χ4n) is 1.80. The Morgan fingerprint density at radius 3 is 2.26 bits per heavy atom. The summed E-state index contributed by atoms with van der Waals surface area (Å²) in [5.41, 5.74) is 5.92. The molecular weight excluding hydrogens is 238 g/mol. The van der Waals surface area contributed by atoms with Crippen molar-refractivity contribution < 1.29 is 9.53 Å². The Morgan fingerprint density at radius 2 is 1.74 bits per heavy atom. The van der Waals surface area contributed by atoms with Crippen molar-refractivity contribution in [3.8, 4) is 0 Å². The summed E-state index contributed by atoms with van der Waals surface area (Å²) >= 11 is 0. The van der Waals surface area contributed by atoms with Gasteiger partial charge in [-0.15, -0.1) is 0 Å². The minimum atomic E-state index is -0.915. The molecule has 0 aliphatic carbocycles. The van der Waals surface area contributed by atoms with Gasteiger partial charge in [-0.1, -0.05) is 30.3 Å². The molecule has 2 N–H and O–H groups in total. The van der Waals surface area contributed by atoms with Crippen LogP contribution in [0.4, 0.5) is 0 Å². The predicted molar refractivity (Wildman–Crippen MR) is 77.8 cm³/mol. The molecule has 0 amide bonds. The Morgan fingerprint density at radius 1 is 1.16 bits per heavy atom. The van der Waals surface area contributed by atoms with Crippen LogP contribution in [0.1, 0.15) is 46.1 Å². The maximum Gasteiger partial charge on any atom is 0.326 e. The maximum atomic E-state index is 12.0. The molecule has 0 aliphatic rings. The van der Waals surface area contributed by atoms with Crippen LogP contribution in [0.3, 0.4) is 0 Å². The lowest BCUT2D eigenvalue weighted by Gasteiger charge is -2.28. The summed E-state index contributed by atoms with van der Waals surface area (Å²) in [7, 11) is 0. The highest BCUT2D eigenvalue weighted by molar-refractivity contribution is 5.80. The molecule has 0 saturated carbocycles. The molecule has 1 atom stereocenters. The summed E-state index contributed by atoms with van der Waals surface area (Å²) in [6, 6.07) is 10.2. The van der Waals surface area contributed by atoms with E-state index in [0.717, 1.165) is 12.8 Å². The van der Waals surface area contributed by atoms with Gasteiger partial charge in [0, 0.05) is 0 Å². The van der Waals surface area contributed by atoms with Crippen LogP contribution < -0.4 is 5.73 Å². The molecule has 0 bridgehead atoms. The van der Waals surface area contributed by atoms with E-state index in [2.05, 4.69) is 12.1 Å². The number of nitrogens with two attached hydrogens (primary N) is 1. The number of carbonyl (C=O) groups is 1. The average Bonchev–Trinajstić information content (AvgIpc) is 2.28. The van der Waals surface area contributed by atoms with E-state index in [1.165, 1.54) is 5.56 Å². The first-order valence-corrected chi connectivity index (χ1v) is 6.77. The van der Waals surface area contributed by atoms with Gasteiger partial charge < -0.3 is 10.5 Å². The minimum Gasteiger partial charge on any atom is -0.459 e. The van der Waals surface area contributed by atoms with Crippen molar-refractivity contribution in [2.75, 3.05) is 0 Å². The summed E-state index contributed by atoms with van der Waals surface area (Å²) in [6.45, 7) is 7.30. The first-order valence-electron chi connectivity index (χ1n) is 6.77. The third kappa shape index (κ3) is 5.88. The first kappa shape index (κ1) is 15.7. The normalized spacial score (nSPS) is 14.8. The molecule has 0 saturated heterocycles. The number of carbonyl (C=O) groups excluding carboxylic acids is 1. The lowest BCUT2D eigenvalue weighted by Crippen LogP contribution is -2.48. The van der Waals surface area contributed by atoms with Crippen molar-refractivity contribution >= 4 is 5.97 Å². The second-order valence-electron chi connectivity index (χ2n) is 6.26. The summed E-state index contributed by atoms with van der Waals surface area (Å²) in [6.07, 6.45) is 2.42. The third-order valence-electron chi connectivity index (χ3n) is 2.87. The van der Waals surface area contributed by atoms with Gasteiger partial charge in [-0.25, -0.2) is 0 Å². The summed E-state index contributed by atoms with van der Waals surface area (Å²) < 4.78 is 5.34. The van der Waals surface area contributed by atoms with Gasteiger partial charge >= 0.3 is 5.97 Å². The molecule has 106 valence electrons. The van der Waals surface area contributed by atoms with E-state index < -0.39 is 11.1 Å². The molecule has 1 aromatic rings. The number of benzene rings is 1. The first-order chi connectivity index (χ1) is 8.71. The van der Waals surface area contributed by atoms with Crippen molar-refractivity contribution in [3.63, 3.8) is 0 Å². The average molecular weight is 263 g/mol. The van der Waals surface area contributed by atoms with Crippen molar-refractivity contribution in [1.29, 1.82) is 0 Å². The molecule has 0 aromatic heterocycles. The molecule has 1 rings (SSSR count). The van der Waals surface area contributed by atoms with Crippen LogP contribution in [0.2, 0.25) is 0 Å². The molecule has 0 fully saturated rings. The van der Waals surface area contributed by atoms with E-state index in [9.17, 15) is 4.79 Å². The van der Waals surface area contributed by atoms with E-state index in [-0.39, 0.29) is 5.97 Å². The van der Waals surface area contributed by atoms with Crippen LogP contribution in [0.15, 0.2) is 30.3 Å². The highest BCUT2D eigenvalue weighted by Crippen LogP contribution is 2.18. The number of esters is 1. The molecule has 3 nitrogen and oxygen atoms in total. The van der Waals surface area contributed by atoms with Gasteiger partial charge in [0.05, 0.1) is 0 Å². The maximum absolute atomic E-state index is 12.0. The predicted octanol–water partition coefficient (Wildman–Crippen LogP) is 3.07.